The summed E-state index contributed by atoms with van der Waals surface area (Å²) in [6, 6.07) is 1.65. The van der Waals surface area contributed by atoms with E-state index in [1.165, 1.54) is 26.3 Å². The molecular formula is C20H19F2NO3. The monoisotopic (exact) mass is 359 g/mol. The average molecular weight is 359 g/mol. The van der Waals surface area contributed by atoms with E-state index in [1.807, 2.05) is 0 Å². The Bertz CT molecular complexity index is 954. The molecule has 3 rings (SSSR count). The third-order valence-corrected chi connectivity index (χ3v) is 4.39. The predicted molar refractivity (Wildman–Crippen MR) is 96.8 cm³/mol. The summed E-state index contributed by atoms with van der Waals surface area (Å²) in [4.78, 5) is 12.5. The van der Waals surface area contributed by atoms with Gasteiger partial charge in [-0.2, -0.15) is 0 Å². The fourth-order valence-corrected chi connectivity index (χ4v) is 3.14. The van der Waals surface area contributed by atoms with E-state index in [0.717, 1.165) is 0 Å². The van der Waals surface area contributed by atoms with Gasteiger partial charge in [-0.15, -0.1) is 0 Å². The lowest BCUT2D eigenvalue weighted by Crippen LogP contribution is -2.19. The molecule has 0 saturated carbocycles. The summed E-state index contributed by atoms with van der Waals surface area (Å²) in [7, 11) is 2.97. The summed E-state index contributed by atoms with van der Waals surface area (Å²) in [6.07, 6.45) is 4.87. The molecule has 0 atom stereocenters. The van der Waals surface area contributed by atoms with Crippen molar-refractivity contribution in [2.24, 2.45) is 0 Å². The number of halogens is 2. The van der Waals surface area contributed by atoms with E-state index >= 15 is 4.39 Å². The largest absolute Gasteiger partial charge is 0.455 e. The van der Waals surface area contributed by atoms with Gasteiger partial charge < -0.3 is 14.5 Å². The number of nitrogens with one attached hydrogen (secondary N) is 1. The first-order valence-corrected chi connectivity index (χ1v) is 8.18. The molecular weight excluding hydrogens is 340 g/mol. The molecule has 0 radical (unpaired) electrons. The van der Waals surface area contributed by atoms with Crippen LogP contribution in [0.2, 0.25) is 0 Å². The maximum Gasteiger partial charge on any atom is 0.255 e. The number of rotatable bonds is 5. The summed E-state index contributed by atoms with van der Waals surface area (Å²) in [6.45, 7) is 3.83. The van der Waals surface area contributed by atoms with E-state index in [-0.39, 0.29) is 46.7 Å². The Hall–Kier alpha value is -2.73. The molecule has 1 aromatic heterocycles. The Morgan fingerprint density at radius 3 is 2.73 bits per heavy atom. The van der Waals surface area contributed by atoms with Crippen LogP contribution in [0, 0.1) is 5.82 Å². The van der Waals surface area contributed by atoms with E-state index in [2.05, 4.69) is 11.9 Å². The van der Waals surface area contributed by atoms with Crippen LogP contribution in [-0.4, -0.2) is 20.1 Å². The third-order valence-electron chi connectivity index (χ3n) is 4.39. The van der Waals surface area contributed by atoms with Gasteiger partial charge in [-0.05, 0) is 29.7 Å². The molecule has 1 amide bonds. The van der Waals surface area contributed by atoms with Gasteiger partial charge in [0.2, 0.25) is 0 Å². The number of methoxy groups -OCH3 is 1. The number of allylic oxidation sites excluding steroid dienone is 4. The molecule has 1 N–H and O–H groups in total. The lowest BCUT2D eigenvalue weighted by atomic mass is 9.96. The van der Waals surface area contributed by atoms with E-state index < -0.39 is 11.7 Å². The molecule has 0 spiro atoms. The quantitative estimate of drug-likeness (QED) is 0.838. The molecule has 26 heavy (non-hydrogen) atoms. The number of furan rings is 1. The van der Waals surface area contributed by atoms with Crippen molar-refractivity contribution in [1.82, 2.24) is 5.32 Å². The van der Waals surface area contributed by atoms with Crippen LogP contribution in [0.5, 0.6) is 0 Å². The van der Waals surface area contributed by atoms with Crippen LogP contribution < -0.4 is 5.32 Å². The minimum absolute atomic E-state index is 0.0880. The molecule has 0 fully saturated rings. The van der Waals surface area contributed by atoms with Crippen molar-refractivity contribution in [2.75, 3.05) is 14.2 Å². The molecule has 4 nitrogen and oxygen atoms in total. The number of fused-ring (bicyclic) bond motifs is 1. The second kappa shape index (κ2) is 7.25. The second-order valence-electron chi connectivity index (χ2n) is 5.96. The van der Waals surface area contributed by atoms with Crippen molar-refractivity contribution in [3.8, 4) is 0 Å². The highest BCUT2D eigenvalue weighted by atomic mass is 19.1. The number of carbonyl (C=O) groups is 1. The molecule has 1 heterocycles. The first-order chi connectivity index (χ1) is 12.5. The molecule has 0 aliphatic heterocycles. The minimum atomic E-state index is -0.587. The van der Waals surface area contributed by atoms with Crippen LogP contribution >= 0.6 is 0 Å². The summed E-state index contributed by atoms with van der Waals surface area (Å²) >= 11 is 0. The van der Waals surface area contributed by atoms with Crippen LogP contribution in [0.3, 0.4) is 0 Å². The lowest BCUT2D eigenvalue weighted by Gasteiger charge is -2.10. The van der Waals surface area contributed by atoms with Gasteiger partial charge in [-0.1, -0.05) is 18.7 Å². The number of amides is 1. The van der Waals surface area contributed by atoms with Gasteiger partial charge in [-0.3, -0.25) is 4.79 Å². The van der Waals surface area contributed by atoms with Crippen molar-refractivity contribution in [1.29, 1.82) is 0 Å². The van der Waals surface area contributed by atoms with E-state index in [4.69, 9.17) is 9.15 Å². The number of hydrogen-bond acceptors (Lipinski definition) is 3. The van der Waals surface area contributed by atoms with Gasteiger partial charge in [0.05, 0.1) is 17.6 Å². The molecule has 2 aromatic rings. The summed E-state index contributed by atoms with van der Waals surface area (Å²) in [5, 5.41) is 2.61. The van der Waals surface area contributed by atoms with Gasteiger partial charge in [-0.25, -0.2) is 8.78 Å². The fraction of sp³-hybridized carbons (Fsp3) is 0.250. The molecule has 1 aromatic carbocycles. The Labute approximate surface area is 149 Å². The number of ether oxygens (including phenoxy) is 1. The Balaban J connectivity index is 2.34. The van der Waals surface area contributed by atoms with Crippen LogP contribution in [0.15, 0.2) is 35.0 Å². The molecule has 1 aliphatic carbocycles. The predicted octanol–water partition coefficient (Wildman–Crippen LogP) is 4.75. The Morgan fingerprint density at radius 1 is 1.38 bits per heavy atom. The van der Waals surface area contributed by atoms with Crippen LogP contribution in [0.25, 0.3) is 22.6 Å². The lowest BCUT2D eigenvalue weighted by molar-refractivity contribution is 0.0963. The van der Waals surface area contributed by atoms with Crippen molar-refractivity contribution in [2.45, 2.75) is 19.4 Å². The summed E-state index contributed by atoms with van der Waals surface area (Å²) in [5.74, 6) is -1.04. The third kappa shape index (κ3) is 2.97. The maximum atomic E-state index is 15.2. The van der Waals surface area contributed by atoms with Gasteiger partial charge in [0.15, 0.2) is 0 Å². The number of benzene rings is 1. The average Bonchev–Trinajstić information content (AvgIpc) is 3.02. The van der Waals surface area contributed by atoms with E-state index in [1.54, 1.807) is 12.1 Å². The van der Waals surface area contributed by atoms with Crippen molar-refractivity contribution in [3.63, 3.8) is 0 Å². The normalized spacial score (nSPS) is 14.2. The zero-order chi connectivity index (χ0) is 18.8. The van der Waals surface area contributed by atoms with Crippen LogP contribution in [-0.2, 0) is 11.3 Å². The minimum Gasteiger partial charge on any atom is -0.455 e. The van der Waals surface area contributed by atoms with Crippen molar-refractivity contribution < 1.29 is 22.7 Å². The van der Waals surface area contributed by atoms with Crippen molar-refractivity contribution >= 4 is 28.5 Å². The smallest absolute Gasteiger partial charge is 0.255 e. The highest BCUT2D eigenvalue weighted by Gasteiger charge is 2.28. The van der Waals surface area contributed by atoms with E-state index in [9.17, 15) is 9.18 Å². The molecule has 6 heteroatoms. The van der Waals surface area contributed by atoms with E-state index in [0.29, 0.717) is 17.6 Å². The number of hydrogen-bond donors (Lipinski definition) is 1. The van der Waals surface area contributed by atoms with Gasteiger partial charge in [0, 0.05) is 26.1 Å². The topological polar surface area (TPSA) is 51.5 Å². The van der Waals surface area contributed by atoms with Gasteiger partial charge >= 0.3 is 0 Å². The van der Waals surface area contributed by atoms with Gasteiger partial charge in [0.25, 0.3) is 5.91 Å². The standard InChI is InChI=1S/C20H19F2NO3/c1-4-14-12(10-25-3)9-15-16(18(14)22)17(20(24)23-2)19(26-15)11-5-7-13(21)8-6-11/h4-5,7,9H,1,6,8,10H2,2-3H3,(H,23,24). The van der Waals surface area contributed by atoms with Crippen LogP contribution in [0.1, 0.15) is 40.1 Å². The fourth-order valence-electron chi connectivity index (χ4n) is 3.14. The molecule has 0 bridgehead atoms. The highest BCUT2D eigenvalue weighted by molar-refractivity contribution is 6.10. The first kappa shape index (κ1) is 18.1. The number of carbonyl (C=O) groups excluding carboxylic acids is 1. The first-order valence-electron chi connectivity index (χ1n) is 8.18. The Morgan fingerprint density at radius 2 is 2.15 bits per heavy atom. The maximum absolute atomic E-state index is 15.2. The van der Waals surface area contributed by atoms with Crippen LogP contribution in [0.4, 0.5) is 8.78 Å². The SMILES string of the molecule is C=Cc1c(COC)cc2oc(C3=CC=C(F)CC3)c(C(=O)NC)c2c1F. The summed E-state index contributed by atoms with van der Waals surface area (Å²) in [5.41, 5.74) is 1.83. The second-order valence-corrected chi connectivity index (χ2v) is 5.96. The zero-order valence-electron chi connectivity index (χ0n) is 14.6. The molecule has 136 valence electrons. The molecule has 1 aliphatic rings. The highest BCUT2D eigenvalue weighted by Crippen LogP contribution is 2.38. The molecule has 0 saturated heterocycles. The zero-order valence-corrected chi connectivity index (χ0v) is 14.6. The summed E-state index contributed by atoms with van der Waals surface area (Å²) < 4.78 is 39.5. The van der Waals surface area contributed by atoms with Crippen molar-refractivity contribution in [3.05, 3.63) is 58.9 Å². The Kier molecular flexibility index (Phi) is 5.04. The molecule has 0 unspecified atom stereocenters. The van der Waals surface area contributed by atoms with Gasteiger partial charge in [0.1, 0.15) is 23.0 Å².